The van der Waals surface area contributed by atoms with Gasteiger partial charge in [0.1, 0.15) is 0 Å². The fraction of sp³-hybridized carbons (Fsp3) is 0.588. The molecule has 0 spiro atoms. The van der Waals surface area contributed by atoms with Gasteiger partial charge in [0.25, 0.3) is 0 Å². The number of ether oxygens (including phenoxy) is 1. The summed E-state index contributed by atoms with van der Waals surface area (Å²) < 4.78 is 29.6. The number of amides is 1. The number of rotatable bonds is 9. The Kier molecular flexibility index (Phi) is 7.72. The third kappa shape index (κ3) is 6.71. The van der Waals surface area contributed by atoms with E-state index in [0.29, 0.717) is 25.6 Å². The summed E-state index contributed by atoms with van der Waals surface area (Å²) in [5, 5.41) is 0. The molecular formula is C17H27NO4S. The number of hydrogen-bond acceptors (Lipinski definition) is 4. The minimum atomic E-state index is -3.43. The molecule has 1 aromatic rings. The van der Waals surface area contributed by atoms with Gasteiger partial charge in [0.15, 0.2) is 9.84 Å². The number of sulfone groups is 1. The first-order valence-corrected chi connectivity index (χ1v) is 9.47. The van der Waals surface area contributed by atoms with Crippen LogP contribution in [0.3, 0.4) is 0 Å². The zero-order valence-electron chi connectivity index (χ0n) is 14.4. The van der Waals surface area contributed by atoms with Crippen LogP contribution in [0.5, 0.6) is 0 Å². The highest BCUT2D eigenvalue weighted by atomic mass is 32.2. The predicted octanol–water partition coefficient (Wildman–Crippen LogP) is 2.29. The zero-order chi connectivity index (χ0) is 17.5. The quantitative estimate of drug-likeness (QED) is 0.691. The minimum absolute atomic E-state index is 0.00730. The molecule has 0 aliphatic rings. The Bertz CT molecular complexity index is 594. The number of carbonyl (C=O) groups is 1. The van der Waals surface area contributed by atoms with Crippen molar-refractivity contribution in [3.8, 4) is 0 Å². The van der Waals surface area contributed by atoms with Gasteiger partial charge in [-0.2, -0.15) is 0 Å². The van der Waals surface area contributed by atoms with E-state index in [1.165, 1.54) is 0 Å². The van der Waals surface area contributed by atoms with Gasteiger partial charge in [0.05, 0.1) is 17.3 Å². The normalized spacial score (nSPS) is 11.7. The van der Waals surface area contributed by atoms with Crippen LogP contribution in [0.15, 0.2) is 29.2 Å². The van der Waals surface area contributed by atoms with Crippen LogP contribution < -0.4 is 0 Å². The third-order valence-electron chi connectivity index (χ3n) is 3.47. The highest BCUT2D eigenvalue weighted by molar-refractivity contribution is 7.91. The highest BCUT2D eigenvalue weighted by Crippen LogP contribution is 2.14. The summed E-state index contributed by atoms with van der Waals surface area (Å²) in [5.74, 6) is 0.00664. The lowest BCUT2D eigenvalue weighted by molar-refractivity contribution is -0.131. The molecule has 6 heteroatoms. The van der Waals surface area contributed by atoms with Crippen LogP contribution in [0.2, 0.25) is 0 Å². The Morgan fingerprint density at radius 3 is 2.35 bits per heavy atom. The van der Waals surface area contributed by atoms with Crippen LogP contribution in [-0.4, -0.2) is 51.8 Å². The standard InChI is InChI=1S/C17H27NO4S/c1-14(2)13-18(10-11-22-4)17(19)9-12-23(20,21)16-7-5-15(3)6-8-16/h5-8,14H,9-13H2,1-4H3. The van der Waals surface area contributed by atoms with Crippen molar-refractivity contribution in [2.24, 2.45) is 5.92 Å². The van der Waals surface area contributed by atoms with Crippen molar-refractivity contribution in [3.05, 3.63) is 29.8 Å². The lowest BCUT2D eigenvalue weighted by Crippen LogP contribution is -2.37. The molecule has 0 N–H and O–H groups in total. The molecule has 0 unspecified atom stereocenters. The number of aryl methyl sites for hydroxylation is 1. The third-order valence-corrected chi connectivity index (χ3v) is 5.20. The van der Waals surface area contributed by atoms with Crippen molar-refractivity contribution in [3.63, 3.8) is 0 Å². The van der Waals surface area contributed by atoms with E-state index in [2.05, 4.69) is 0 Å². The van der Waals surface area contributed by atoms with Crippen molar-refractivity contribution in [1.82, 2.24) is 4.90 Å². The first-order valence-electron chi connectivity index (χ1n) is 7.82. The van der Waals surface area contributed by atoms with Gasteiger partial charge in [-0.1, -0.05) is 31.5 Å². The van der Waals surface area contributed by atoms with Gasteiger partial charge < -0.3 is 9.64 Å². The molecule has 1 amide bonds. The SMILES string of the molecule is COCCN(CC(C)C)C(=O)CCS(=O)(=O)c1ccc(C)cc1. The molecule has 0 heterocycles. The molecule has 0 fully saturated rings. The maximum absolute atomic E-state index is 12.3. The second-order valence-corrected chi connectivity index (χ2v) is 8.22. The molecule has 0 aliphatic heterocycles. The van der Waals surface area contributed by atoms with Crippen LogP contribution in [0.25, 0.3) is 0 Å². The molecule has 0 radical (unpaired) electrons. The van der Waals surface area contributed by atoms with Crippen LogP contribution in [0.4, 0.5) is 0 Å². The molecule has 0 aliphatic carbocycles. The summed E-state index contributed by atoms with van der Waals surface area (Å²) in [4.78, 5) is 14.3. The maximum atomic E-state index is 12.3. The largest absolute Gasteiger partial charge is 0.383 e. The fourth-order valence-electron chi connectivity index (χ4n) is 2.20. The van der Waals surface area contributed by atoms with Gasteiger partial charge in [-0.05, 0) is 25.0 Å². The number of hydrogen-bond donors (Lipinski definition) is 0. The van der Waals surface area contributed by atoms with E-state index in [0.717, 1.165) is 5.56 Å². The van der Waals surface area contributed by atoms with Gasteiger partial charge in [-0.25, -0.2) is 8.42 Å². The molecule has 0 saturated heterocycles. The molecule has 1 aromatic carbocycles. The molecule has 130 valence electrons. The topological polar surface area (TPSA) is 63.7 Å². The Balaban J connectivity index is 2.69. The number of nitrogens with zero attached hydrogens (tertiary/aromatic N) is 1. The van der Waals surface area contributed by atoms with Crippen molar-refractivity contribution < 1.29 is 17.9 Å². The number of carbonyl (C=O) groups excluding carboxylic acids is 1. The fourth-order valence-corrected chi connectivity index (χ4v) is 3.43. The molecule has 1 rings (SSSR count). The first-order chi connectivity index (χ1) is 10.8. The molecular weight excluding hydrogens is 314 g/mol. The summed E-state index contributed by atoms with van der Waals surface area (Å²) in [6.45, 7) is 7.49. The first kappa shape index (κ1) is 19.6. The van der Waals surface area contributed by atoms with Crippen molar-refractivity contribution in [2.75, 3.05) is 32.6 Å². The van der Waals surface area contributed by atoms with Crippen LogP contribution in [0, 0.1) is 12.8 Å². The van der Waals surface area contributed by atoms with Crippen molar-refractivity contribution >= 4 is 15.7 Å². The lowest BCUT2D eigenvalue weighted by atomic mass is 10.2. The van der Waals surface area contributed by atoms with Crippen molar-refractivity contribution in [1.29, 1.82) is 0 Å². The van der Waals surface area contributed by atoms with E-state index in [1.54, 1.807) is 36.3 Å². The maximum Gasteiger partial charge on any atom is 0.223 e. The molecule has 0 aromatic heterocycles. The predicted molar refractivity (Wildman–Crippen MR) is 91.1 cm³/mol. The Morgan fingerprint density at radius 2 is 1.83 bits per heavy atom. The van der Waals surface area contributed by atoms with E-state index >= 15 is 0 Å². The minimum Gasteiger partial charge on any atom is -0.383 e. The molecule has 0 saturated carbocycles. The monoisotopic (exact) mass is 341 g/mol. The lowest BCUT2D eigenvalue weighted by Gasteiger charge is -2.24. The smallest absolute Gasteiger partial charge is 0.223 e. The van der Waals surface area contributed by atoms with Crippen LogP contribution in [0.1, 0.15) is 25.8 Å². The number of methoxy groups -OCH3 is 1. The van der Waals surface area contributed by atoms with Crippen LogP contribution in [-0.2, 0) is 19.4 Å². The average Bonchev–Trinajstić information content (AvgIpc) is 2.49. The van der Waals surface area contributed by atoms with Gasteiger partial charge >= 0.3 is 0 Å². The second-order valence-electron chi connectivity index (χ2n) is 6.11. The highest BCUT2D eigenvalue weighted by Gasteiger charge is 2.20. The molecule has 0 bridgehead atoms. The average molecular weight is 341 g/mol. The molecule has 23 heavy (non-hydrogen) atoms. The summed E-state index contributed by atoms with van der Waals surface area (Å²) in [5.41, 5.74) is 1.00. The van der Waals surface area contributed by atoms with Crippen LogP contribution >= 0.6 is 0 Å². The Labute approximate surface area is 139 Å². The summed E-state index contributed by atoms with van der Waals surface area (Å²) in [7, 11) is -1.85. The summed E-state index contributed by atoms with van der Waals surface area (Å²) >= 11 is 0. The van der Waals surface area contributed by atoms with Gasteiger partial charge in [-0.15, -0.1) is 0 Å². The van der Waals surface area contributed by atoms with E-state index in [9.17, 15) is 13.2 Å². The summed E-state index contributed by atoms with van der Waals surface area (Å²) in [6.07, 6.45) is -0.00730. The van der Waals surface area contributed by atoms with E-state index in [4.69, 9.17) is 4.74 Å². The van der Waals surface area contributed by atoms with Gasteiger partial charge in [0, 0.05) is 26.6 Å². The van der Waals surface area contributed by atoms with Gasteiger partial charge in [0.2, 0.25) is 5.91 Å². The Hall–Kier alpha value is -1.40. The molecule has 0 atom stereocenters. The second kappa shape index (κ2) is 9.03. The van der Waals surface area contributed by atoms with E-state index < -0.39 is 9.84 Å². The van der Waals surface area contributed by atoms with E-state index in [1.807, 2.05) is 20.8 Å². The van der Waals surface area contributed by atoms with Gasteiger partial charge in [-0.3, -0.25) is 4.79 Å². The molecule has 5 nitrogen and oxygen atoms in total. The zero-order valence-corrected chi connectivity index (χ0v) is 15.2. The number of benzene rings is 1. The Morgan fingerprint density at radius 1 is 1.22 bits per heavy atom. The van der Waals surface area contributed by atoms with E-state index in [-0.39, 0.29) is 23.0 Å². The summed E-state index contributed by atoms with van der Waals surface area (Å²) in [6, 6.07) is 6.70. The van der Waals surface area contributed by atoms with Crippen molar-refractivity contribution in [2.45, 2.75) is 32.1 Å².